The summed E-state index contributed by atoms with van der Waals surface area (Å²) < 4.78 is 43.3. The topological polar surface area (TPSA) is 102 Å². The Morgan fingerprint density at radius 2 is 1.63 bits per heavy atom. The predicted molar refractivity (Wildman–Crippen MR) is 90.3 cm³/mol. The third-order valence-electron chi connectivity index (χ3n) is 8.64. The fourth-order valence-electron chi connectivity index (χ4n) is 8.13. The van der Waals surface area contributed by atoms with Gasteiger partial charge in [-0.15, -0.1) is 0 Å². The summed E-state index contributed by atoms with van der Waals surface area (Å²) in [5, 5.41) is 10.7. The summed E-state index contributed by atoms with van der Waals surface area (Å²) in [6.07, 6.45) is -0.532. The Hall–Kier alpha value is -1.77. The lowest BCUT2D eigenvalue weighted by atomic mass is 9.54. The third-order valence-corrected chi connectivity index (χ3v) is 8.64. The van der Waals surface area contributed by atoms with E-state index in [9.17, 15) is 28.3 Å². The van der Waals surface area contributed by atoms with E-state index in [0.717, 1.165) is 19.3 Å². The van der Waals surface area contributed by atoms with E-state index < -0.39 is 65.5 Å². The second kappa shape index (κ2) is 5.93. The first-order valence-corrected chi connectivity index (χ1v) is 10.9. The highest BCUT2D eigenvalue weighted by molar-refractivity contribution is 5.86. The number of esters is 2. The Morgan fingerprint density at radius 1 is 1.03 bits per heavy atom. The van der Waals surface area contributed by atoms with Crippen LogP contribution in [0.1, 0.15) is 44.9 Å². The summed E-state index contributed by atoms with van der Waals surface area (Å²) in [5.41, 5.74) is -0.513. The van der Waals surface area contributed by atoms with E-state index in [2.05, 4.69) is 4.74 Å². The Bertz CT molecular complexity index is 791. The second-order valence-electron chi connectivity index (χ2n) is 10.4. The van der Waals surface area contributed by atoms with Gasteiger partial charge in [-0.3, -0.25) is 9.59 Å². The highest BCUT2D eigenvalue weighted by Gasteiger charge is 2.71. The van der Waals surface area contributed by atoms with Gasteiger partial charge in [-0.1, -0.05) is 0 Å². The number of carboxylic acids is 1. The number of hydrogen-bond acceptors (Lipinski definition) is 7. The molecule has 6 aliphatic carbocycles. The van der Waals surface area contributed by atoms with E-state index in [-0.39, 0.29) is 0 Å². The minimum atomic E-state index is -4.52. The molecule has 164 valence electrons. The molecule has 1 heterocycles. The largest absolute Gasteiger partial charge is 0.542 e. The molecule has 7 nitrogen and oxygen atoms in total. The average Bonchev–Trinajstić information content (AvgIpc) is 3.23. The summed E-state index contributed by atoms with van der Waals surface area (Å²) in [4.78, 5) is 36.4. The molecule has 6 atom stereocenters. The number of alkyl halides is 2. The molecule has 7 rings (SSSR count). The van der Waals surface area contributed by atoms with Crippen LogP contribution < -0.4 is 5.11 Å². The van der Waals surface area contributed by atoms with Crippen LogP contribution in [-0.2, 0) is 28.6 Å². The van der Waals surface area contributed by atoms with Gasteiger partial charge < -0.3 is 24.1 Å². The Labute approximate surface area is 171 Å². The first-order valence-electron chi connectivity index (χ1n) is 10.9. The third kappa shape index (κ3) is 2.53. The van der Waals surface area contributed by atoms with Crippen molar-refractivity contribution in [2.45, 2.75) is 68.9 Å². The number of aliphatic carboxylic acids is 1. The van der Waals surface area contributed by atoms with Crippen molar-refractivity contribution in [3.05, 3.63) is 0 Å². The van der Waals surface area contributed by atoms with Crippen molar-refractivity contribution in [2.24, 2.45) is 41.4 Å². The van der Waals surface area contributed by atoms with E-state index in [4.69, 9.17) is 9.47 Å². The summed E-state index contributed by atoms with van der Waals surface area (Å²) in [6.45, 7) is 0. The second-order valence-corrected chi connectivity index (χ2v) is 10.4. The van der Waals surface area contributed by atoms with Gasteiger partial charge in [0.2, 0.25) is 0 Å². The van der Waals surface area contributed by atoms with Crippen molar-refractivity contribution in [3.63, 3.8) is 0 Å². The minimum absolute atomic E-state index is 0.301. The molecule has 1 aliphatic heterocycles. The predicted octanol–water partition coefficient (Wildman–Crippen LogP) is 1.03. The van der Waals surface area contributed by atoms with E-state index in [1.54, 1.807) is 0 Å². The molecular formula is C21H23F2O7-. The number of hydrogen-bond donors (Lipinski definition) is 0. The van der Waals surface area contributed by atoms with Gasteiger partial charge in [0.25, 0.3) is 0 Å². The lowest BCUT2D eigenvalue weighted by Gasteiger charge is -2.56. The fourth-order valence-corrected chi connectivity index (χ4v) is 8.13. The van der Waals surface area contributed by atoms with Gasteiger partial charge in [-0.05, 0) is 62.7 Å². The zero-order valence-corrected chi connectivity index (χ0v) is 16.3. The number of carboxylic acid groups (broad SMARTS) is 1. The molecule has 6 saturated carbocycles. The first-order chi connectivity index (χ1) is 14.2. The van der Waals surface area contributed by atoms with Crippen molar-refractivity contribution in [3.8, 4) is 0 Å². The molecule has 0 aromatic carbocycles. The van der Waals surface area contributed by atoms with Crippen molar-refractivity contribution in [1.82, 2.24) is 0 Å². The molecule has 6 unspecified atom stereocenters. The molecule has 0 amide bonds. The quantitative estimate of drug-likeness (QED) is 0.607. The van der Waals surface area contributed by atoms with Crippen LogP contribution in [0.2, 0.25) is 0 Å². The van der Waals surface area contributed by atoms with E-state index in [0.29, 0.717) is 24.2 Å². The molecule has 6 bridgehead atoms. The Morgan fingerprint density at radius 3 is 2.20 bits per heavy atom. The zero-order chi connectivity index (χ0) is 21.0. The fraction of sp³-hybridized carbons (Fsp3) is 0.857. The van der Waals surface area contributed by atoms with Crippen molar-refractivity contribution >= 4 is 17.9 Å². The monoisotopic (exact) mass is 425 g/mol. The highest BCUT2D eigenvalue weighted by Crippen LogP contribution is 2.61. The number of ether oxygens (including phenoxy) is 3. The van der Waals surface area contributed by atoms with Gasteiger partial charge in [-0.25, -0.2) is 0 Å². The number of carbonyl (C=O) groups excluding carboxylic acids is 3. The van der Waals surface area contributed by atoms with Crippen LogP contribution in [0.15, 0.2) is 0 Å². The van der Waals surface area contributed by atoms with Gasteiger partial charge in [0.05, 0.1) is 11.8 Å². The smallest absolute Gasteiger partial charge is 0.398 e. The average molecular weight is 425 g/mol. The van der Waals surface area contributed by atoms with Crippen LogP contribution >= 0.6 is 0 Å². The number of halogens is 2. The Balaban J connectivity index is 1.25. The maximum absolute atomic E-state index is 13.7. The molecule has 0 radical (unpaired) electrons. The van der Waals surface area contributed by atoms with E-state index >= 15 is 0 Å². The van der Waals surface area contributed by atoms with Crippen LogP contribution in [0.3, 0.4) is 0 Å². The first kappa shape index (κ1) is 19.0. The van der Waals surface area contributed by atoms with Crippen LogP contribution in [-0.4, -0.2) is 41.8 Å². The molecule has 7 aliphatic rings. The van der Waals surface area contributed by atoms with Gasteiger partial charge in [0, 0.05) is 11.8 Å². The van der Waals surface area contributed by atoms with Crippen molar-refractivity contribution in [1.29, 1.82) is 0 Å². The molecule has 30 heavy (non-hydrogen) atoms. The molecular weight excluding hydrogens is 402 g/mol. The van der Waals surface area contributed by atoms with Gasteiger partial charge in [0.15, 0.2) is 0 Å². The number of fused-ring (bicyclic) bond motifs is 1. The molecule has 9 heteroatoms. The van der Waals surface area contributed by atoms with Crippen LogP contribution in [0.4, 0.5) is 8.78 Å². The maximum atomic E-state index is 13.7. The van der Waals surface area contributed by atoms with E-state index in [1.165, 1.54) is 19.3 Å². The standard InChI is InChI=1S/C21H24F2O7/c22-21(23,19(26)27)29-16-12-4-11-13(17(24)28-15(11)16)14(12)18(25)30-20-5-8-1-9(6-20)3-10(2-8)7-20/h8-16H,1-7H2,(H,26,27)/p-1. The molecule has 0 spiro atoms. The molecule has 1 saturated heterocycles. The maximum Gasteiger partial charge on any atom is 0.398 e. The minimum Gasteiger partial charge on any atom is -0.542 e. The zero-order valence-electron chi connectivity index (χ0n) is 16.3. The number of rotatable bonds is 5. The molecule has 0 aromatic heterocycles. The number of carbonyl (C=O) groups is 3. The van der Waals surface area contributed by atoms with E-state index in [1.807, 2.05) is 0 Å². The highest BCUT2D eigenvalue weighted by atomic mass is 19.3. The van der Waals surface area contributed by atoms with Gasteiger partial charge >= 0.3 is 18.0 Å². The molecule has 0 N–H and O–H groups in total. The summed E-state index contributed by atoms with van der Waals surface area (Å²) in [7, 11) is 0. The summed E-state index contributed by atoms with van der Waals surface area (Å²) >= 11 is 0. The van der Waals surface area contributed by atoms with Gasteiger partial charge in [0.1, 0.15) is 23.8 Å². The lowest BCUT2D eigenvalue weighted by molar-refractivity contribution is -0.372. The van der Waals surface area contributed by atoms with Gasteiger partial charge in [-0.2, -0.15) is 8.78 Å². The molecule has 7 fully saturated rings. The lowest BCUT2D eigenvalue weighted by Crippen LogP contribution is -2.55. The summed E-state index contributed by atoms with van der Waals surface area (Å²) in [6, 6.07) is 0. The summed E-state index contributed by atoms with van der Waals surface area (Å²) in [5.74, 6) is -4.95. The van der Waals surface area contributed by atoms with Crippen molar-refractivity contribution < 1.29 is 42.5 Å². The SMILES string of the molecule is O=C1OC2C3CC(C2OC(F)(F)C(=O)[O-])C(C(=O)OC24CC5CC(CC(C5)C2)C4)C13. The van der Waals surface area contributed by atoms with Crippen molar-refractivity contribution in [2.75, 3.05) is 0 Å². The van der Waals surface area contributed by atoms with Crippen LogP contribution in [0.25, 0.3) is 0 Å². The normalized spacial score (nSPS) is 50.1. The Kier molecular flexibility index (Phi) is 3.74. The molecule has 0 aromatic rings. The van der Waals surface area contributed by atoms with Crippen LogP contribution in [0.5, 0.6) is 0 Å². The van der Waals surface area contributed by atoms with Crippen LogP contribution in [0, 0.1) is 41.4 Å².